The summed E-state index contributed by atoms with van der Waals surface area (Å²) in [7, 11) is 0. The predicted molar refractivity (Wildman–Crippen MR) is 106 cm³/mol. The fraction of sp³-hybridized carbons (Fsp3) is 0.333. The van der Waals surface area contributed by atoms with Gasteiger partial charge in [-0.3, -0.25) is 4.79 Å². The average Bonchev–Trinajstić information content (AvgIpc) is 3.35. The van der Waals surface area contributed by atoms with Crippen LogP contribution < -0.4 is 0 Å². The third-order valence-electron chi connectivity index (χ3n) is 4.72. The molecule has 3 heterocycles. The van der Waals surface area contributed by atoms with Gasteiger partial charge in [-0.2, -0.15) is 0 Å². The van der Waals surface area contributed by atoms with E-state index in [0.717, 1.165) is 45.2 Å². The number of nitrogens with zero attached hydrogens (tertiary/aromatic N) is 1. The monoisotopic (exact) mass is 367 g/mol. The molecule has 142 valence electrons. The average molecular weight is 367 g/mol. The van der Waals surface area contributed by atoms with Crippen molar-refractivity contribution in [1.82, 2.24) is 9.97 Å². The molecule has 0 atom stereocenters. The number of hydrogen-bond acceptors (Lipinski definition) is 4. The quantitative estimate of drug-likeness (QED) is 0.656. The molecule has 0 aliphatic carbocycles. The second-order valence-electron chi connectivity index (χ2n) is 6.51. The van der Waals surface area contributed by atoms with E-state index in [4.69, 9.17) is 4.74 Å². The van der Waals surface area contributed by atoms with Crippen molar-refractivity contribution in [3.63, 3.8) is 0 Å². The fourth-order valence-electron chi connectivity index (χ4n) is 3.28. The Labute approximate surface area is 158 Å². The summed E-state index contributed by atoms with van der Waals surface area (Å²) in [5, 5.41) is 9.70. The molecule has 0 radical (unpaired) electrons. The molecule has 0 saturated carbocycles. The summed E-state index contributed by atoms with van der Waals surface area (Å²) in [5.41, 5.74) is 7.42. The second-order valence-corrected chi connectivity index (χ2v) is 6.51. The number of rotatable bonds is 7. The van der Waals surface area contributed by atoms with Gasteiger partial charge in [0.25, 0.3) is 0 Å². The topological polar surface area (TPSA) is 90.5 Å². The molecule has 0 aromatic carbocycles. The number of carbonyl (C=O) groups is 1. The lowest BCUT2D eigenvalue weighted by molar-refractivity contribution is -0.143. The summed E-state index contributed by atoms with van der Waals surface area (Å²) in [5.74, 6) is -0.182. The molecule has 1 aliphatic rings. The summed E-state index contributed by atoms with van der Waals surface area (Å²) in [6.45, 7) is 6.17. The number of ether oxygens (including phenoxy) is 1. The first-order valence-corrected chi connectivity index (χ1v) is 9.13. The van der Waals surface area contributed by atoms with Crippen molar-refractivity contribution in [3.05, 3.63) is 63.9 Å². The SMILES string of the molecule is CCOC(=O)CCc1c(C)[nH]c(/C=C2\N=C(c3ccc[nH]3)C=C2CO)c1C. The van der Waals surface area contributed by atoms with Gasteiger partial charge in [0, 0.05) is 29.6 Å². The third-order valence-corrected chi connectivity index (χ3v) is 4.72. The third kappa shape index (κ3) is 4.11. The summed E-state index contributed by atoms with van der Waals surface area (Å²) in [6.07, 6.45) is 6.69. The van der Waals surface area contributed by atoms with Crippen molar-refractivity contribution < 1.29 is 14.6 Å². The lowest BCUT2D eigenvalue weighted by Crippen LogP contribution is -2.05. The minimum absolute atomic E-state index is 0.0754. The molecule has 0 bridgehead atoms. The van der Waals surface area contributed by atoms with Crippen LogP contribution in [0.2, 0.25) is 0 Å². The molecule has 6 nitrogen and oxygen atoms in total. The van der Waals surface area contributed by atoms with Crippen LogP contribution in [-0.2, 0) is 16.0 Å². The van der Waals surface area contributed by atoms with Gasteiger partial charge in [0.2, 0.25) is 0 Å². The Balaban J connectivity index is 1.85. The van der Waals surface area contributed by atoms with E-state index in [1.807, 2.05) is 51.3 Å². The number of aromatic nitrogens is 2. The van der Waals surface area contributed by atoms with Crippen LogP contribution in [0, 0.1) is 13.8 Å². The van der Waals surface area contributed by atoms with Gasteiger partial charge in [-0.1, -0.05) is 0 Å². The van der Waals surface area contributed by atoms with Crippen LogP contribution in [0.4, 0.5) is 0 Å². The number of H-pyrrole nitrogens is 2. The first kappa shape index (κ1) is 18.9. The van der Waals surface area contributed by atoms with Crippen LogP contribution in [0.3, 0.4) is 0 Å². The molecule has 0 saturated heterocycles. The van der Waals surface area contributed by atoms with Crippen LogP contribution in [0.15, 0.2) is 40.7 Å². The lowest BCUT2D eigenvalue weighted by atomic mass is 10.0. The van der Waals surface area contributed by atoms with E-state index in [-0.39, 0.29) is 12.6 Å². The Kier molecular flexibility index (Phi) is 5.76. The molecule has 2 aromatic rings. The normalized spacial score (nSPS) is 15.2. The number of aryl methyl sites for hydroxylation is 1. The molecular weight excluding hydrogens is 342 g/mol. The minimum Gasteiger partial charge on any atom is -0.466 e. The highest BCUT2D eigenvalue weighted by atomic mass is 16.5. The molecule has 6 heteroatoms. The van der Waals surface area contributed by atoms with Crippen LogP contribution in [0.5, 0.6) is 0 Å². The highest BCUT2D eigenvalue weighted by Crippen LogP contribution is 2.27. The summed E-state index contributed by atoms with van der Waals surface area (Å²) < 4.78 is 5.02. The standard InChI is InChI=1S/C21H25N3O3/c1-4-27-21(26)8-7-16-13(2)18(23-14(16)3)11-19-15(12-25)10-20(24-19)17-6-5-9-22-17/h5-6,9-11,22-23,25H,4,7-8,12H2,1-3H3/b19-11-. The first-order chi connectivity index (χ1) is 13.0. The van der Waals surface area contributed by atoms with Gasteiger partial charge in [0.05, 0.1) is 30.3 Å². The molecule has 27 heavy (non-hydrogen) atoms. The van der Waals surface area contributed by atoms with Gasteiger partial charge < -0.3 is 19.8 Å². The zero-order valence-electron chi connectivity index (χ0n) is 15.9. The number of allylic oxidation sites excluding steroid dienone is 1. The van der Waals surface area contributed by atoms with E-state index in [9.17, 15) is 9.90 Å². The van der Waals surface area contributed by atoms with E-state index < -0.39 is 0 Å². The van der Waals surface area contributed by atoms with Gasteiger partial charge in [-0.15, -0.1) is 0 Å². The molecule has 3 N–H and O–H groups in total. The van der Waals surface area contributed by atoms with Crippen molar-refractivity contribution in [2.24, 2.45) is 4.99 Å². The maximum Gasteiger partial charge on any atom is 0.306 e. The number of aliphatic hydroxyl groups excluding tert-OH is 1. The highest BCUT2D eigenvalue weighted by Gasteiger charge is 2.18. The maximum absolute atomic E-state index is 11.7. The van der Waals surface area contributed by atoms with Gasteiger partial charge >= 0.3 is 5.97 Å². The van der Waals surface area contributed by atoms with E-state index in [1.54, 1.807) is 0 Å². The molecule has 2 aromatic heterocycles. The van der Waals surface area contributed by atoms with E-state index in [2.05, 4.69) is 15.0 Å². The van der Waals surface area contributed by atoms with E-state index in [0.29, 0.717) is 19.4 Å². The number of nitrogens with one attached hydrogen (secondary N) is 2. The maximum atomic E-state index is 11.7. The van der Waals surface area contributed by atoms with E-state index >= 15 is 0 Å². The Morgan fingerprint density at radius 3 is 2.85 bits per heavy atom. The molecule has 0 unspecified atom stereocenters. The Bertz CT molecular complexity index is 915. The zero-order chi connectivity index (χ0) is 19.4. The Hall–Kier alpha value is -2.86. The predicted octanol–water partition coefficient (Wildman–Crippen LogP) is 3.22. The second kappa shape index (κ2) is 8.22. The van der Waals surface area contributed by atoms with Gasteiger partial charge in [0.15, 0.2) is 0 Å². The summed E-state index contributed by atoms with van der Waals surface area (Å²) in [6, 6.07) is 3.87. The molecule has 0 spiro atoms. The van der Waals surface area contributed by atoms with Gasteiger partial charge in [-0.25, -0.2) is 4.99 Å². The van der Waals surface area contributed by atoms with E-state index in [1.165, 1.54) is 0 Å². The van der Waals surface area contributed by atoms with Crippen LogP contribution in [-0.4, -0.2) is 40.0 Å². The van der Waals surface area contributed by atoms with Gasteiger partial charge in [0.1, 0.15) is 0 Å². The Morgan fingerprint density at radius 1 is 1.37 bits per heavy atom. The summed E-state index contributed by atoms with van der Waals surface area (Å²) >= 11 is 0. The first-order valence-electron chi connectivity index (χ1n) is 9.13. The smallest absolute Gasteiger partial charge is 0.306 e. The number of hydrogen-bond donors (Lipinski definition) is 3. The van der Waals surface area contributed by atoms with Crippen molar-refractivity contribution in [2.75, 3.05) is 13.2 Å². The largest absolute Gasteiger partial charge is 0.466 e. The Morgan fingerprint density at radius 2 is 2.19 bits per heavy atom. The number of aliphatic imine (C=N–C) groups is 1. The van der Waals surface area contributed by atoms with Crippen molar-refractivity contribution in [3.8, 4) is 0 Å². The number of aliphatic hydroxyl groups is 1. The number of esters is 1. The van der Waals surface area contributed by atoms with Crippen molar-refractivity contribution in [1.29, 1.82) is 0 Å². The van der Waals surface area contributed by atoms with Crippen LogP contribution in [0.25, 0.3) is 6.08 Å². The van der Waals surface area contributed by atoms with Crippen LogP contribution >= 0.6 is 0 Å². The molecule has 3 rings (SSSR count). The number of aromatic amines is 2. The summed E-state index contributed by atoms with van der Waals surface area (Å²) in [4.78, 5) is 22.8. The minimum atomic E-state index is -0.182. The molecule has 0 fully saturated rings. The zero-order valence-corrected chi connectivity index (χ0v) is 15.9. The van der Waals surface area contributed by atoms with Crippen molar-refractivity contribution in [2.45, 2.75) is 33.6 Å². The van der Waals surface area contributed by atoms with Crippen LogP contribution in [0.1, 0.15) is 41.6 Å². The number of carbonyl (C=O) groups excluding carboxylic acids is 1. The van der Waals surface area contributed by atoms with Crippen molar-refractivity contribution >= 4 is 17.8 Å². The fourth-order valence-corrected chi connectivity index (χ4v) is 3.28. The van der Waals surface area contributed by atoms with Gasteiger partial charge in [-0.05, 0) is 62.6 Å². The molecular formula is C21H25N3O3. The highest BCUT2D eigenvalue weighted by molar-refractivity contribution is 6.11. The molecule has 1 aliphatic heterocycles. The molecule has 0 amide bonds. The lowest BCUT2D eigenvalue weighted by Gasteiger charge is -2.03.